The molecule has 1 aliphatic rings. The minimum absolute atomic E-state index is 0.192. The molecule has 0 aliphatic heterocycles. The van der Waals surface area contributed by atoms with E-state index in [-0.39, 0.29) is 12.1 Å². The summed E-state index contributed by atoms with van der Waals surface area (Å²) in [6, 6.07) is 4.36. The van der Waals surface area contributed by atoms with Gasteiger partial charge in [0.1, 0.15) is 0 Å². The Labute approximate surface area is 103 Å². The molecule has 0 amide bonds. The van der Waals surface area contributed by atoms with Gasteiger partial charge in [0.15, 0.2) is 0 Å². The average Bonchev–Trinajstić information content (AvgIpc) is 2.54. The highest BCUT2D eigenvalue weighted by molar-refractivity contribution is 5.12. The fourth-order valence-corrected chi connectivity index (χ4v) is 2.36. The molecule has 2 N–H and O–H groups in total. The van der Waals surface area contributed by atoms with Crippen molar-refractivity contribution in [2.24, 2.45) is 0 Å². The first-order valence-corrected chi connectivity index (χ1v) is 6.58. The molecule has 0 bridgehead atoms. The smallest absolute Gasteiger partial charge is 0.0693 e. The highest BCUT2D eigenvalue weighted by Crippen LogP contribution is 2.18. The third-order valence-corrected chi connectivity index (χ3v) is 3.50. The maximum absolute atomic E-state index is 9.99. The number of rotatable bonds is 3. The van der Waals surface area contributed by atoms with Gasteiger partial charge in [-0.25, -0.2) is 0 Å². The topological polar surface area (TPSA) is 45.1 Å². The number of aromatic nitrogens is 1. The Morgan fingerprint density at radius 1 is 1.29 bits per heavy atom. The lowest BCUT2D eigenvalue weighted by atomic mass is 10.1. The molecule has 3 nitrogen and oxygen atoms in total. The van der Waals surface area contributed by atoms with Gasteiger partial charge in [-0.15, -0.1) is 0 Å². The van der Waals surface area contributed by atoms with Crippen LogP contribution in [0.4, 0.5) is 0 Å². The number of aliphatic hydroxyl groups is 1. The first-order chi connectivity index (χ1) is 8.25. The van der Waals surface area contributed by atoms with Gasteiger partial charge in [-0.05, 0) is 31.4 Å². The molecule has 1 aliphatic carbocycles. The molecule has 2 rings (SSSR count). The van der Waals surface area contributed by atoms with E-state index in [9.17, 15) is 5.11 Å². The lowest BCUT2D eigenvalue weighted by Gasteiger charge is -2.21. The second kappa shape index (κ2) is 6.12. The Kier molecular flexibility index (Phi) is 4.51. The number of hydrogen-bond acceptors (Lipinski definition) is 3. The summed E-state index contributed by atoms with van der Waals surface area (Å²) in [5, 5.41) is 13.4. The number of hydrogen-bond donors (Lipinski definition) is 2. The molecule has 0 radical (unpaired) electrons. The predicted octanol–water partition coefficient (Wildman–Crippen LogP) is 2.17. The molecule has 1 aromatic rings. The quantitative estimate of drug-likeness (QED) is 0.788. The molecule has 1 heterocycles. The summed E-state index contributed by atoms with van der Waals surface area (Å²) in [4.78, 5) is 4.37. The van der Waals surface area contributed by atoms with Crippen LogP contribution in [-0.2, 0) is 6.54 Å². The van der Waals surface area contributed by atoms with Crippen LogP contribution in [0.2, 0.25) is 0 Å². The van der Waals surface area contributed by atoms with E-state index in [2.05, 4.69) is 16.4 Å². The monoisotopic (exact) mass is 234 g/mol. The normalized spacial score (nSPS) is 25.5. The second-order valence-corrected chi connectivity index (χ2v) is 5.02. The Morgan fingerprint density at radius 2 is 2.12 bits per heavy atom. The molecule has 1 aromatic heterocycles. The third-order valence-electron chi connectivity index (χ3n) is 3.50. The molecule has 0 aromatic carbocycles. The van der Waals surface area contributed by atoms with Crippen molar-refractivity contribution in [3.63, 3.8) is 0 Å². The van der Waals surface area contributed by atoms with Crippen LogP contribution in [0.1, 0.15) is 43.4 Å². The maximum atomic E-state index is 9.99. The van der Waals surface area contributed by atoms with Crippen LogP contribution in [0.25, 0.3) is 0 Å². The van der Waals surface area contributed by atoms with E-state index in [0.717, 1.165) is 31.5 Å². The summed E-state index contributed by atoms with van der Waals surface area (Å²) in [5.74, 6) is 0. The van der Waals surface area contributed by atoms with E-state index < -0.39 is 0 Å². The van der Waals surface area contributed by atoms with Crippen molar-refractivity contribution < 1.29 is 5.11 Å². The molecule has 3 heteroatoms. The number of aryl methyl sites for hydroxylation is 1. The van der Waals surface area contributed by atoms with Crippen LogP contribution in [-0.4, -0.2) is 22.2 Å². The summed E-state index contributed by atoms with van der Waals surface area (Å²) >= 11 is 0. The van der Waals surface area contributed by atoms with Crippen molar-refractivity contribution in [3.8, 4) is 0 Å². The fourth-order valence-electron chi connectivity index (χ4n) is 2.36. The maximum Gasteiger partial charge on any atom is 0.0693 e. The Hall–Kier alpha value is -0.930. The average molecular weight is 234 g/mol. The lowest BCUT2D eigenvalue weighted by molar-refractivity contribution is 0.119. The Bertz CT molecular complexity index is 337. The zero-order valence-electron chi connectivity index (χ0n) is 10.5. The molecular formula is C14H22N2O. The van der Waals surface area contributed by atoms with Gasteiger partial charge < -0.3 is 10.4 Å². The predicted molar refractivity (Wildman–Crippen MR) is 68.7 cm³/mol. The van der Waals surface area contributed by atoms with E-state index in [4.69, 9.17) is 0 Å². The van der Waals surface area contributed by atoms with Crippen molar-refractivity contribution in [3.05, 3.63) is 29.6 Å². The largest absolute Gasteiger partial charge is 0.392 e. The summed E-state index contributed by atoms with van der Waals surface area (Å²) < 4.78 is 0. The molecule has 94 valence electrons. The van der Waals surface area contributed by atoms with Gasteiger partial charge in [-0.2, -0.15) is 0 Å². The van der Waals surface area contributed by atoms with Crippen LogP contribution in [0.15, 0.2) is 18.3 Å². The van der Waals surface area contributed by atoms with Crippen LogP contribution < -0.4 is 5.32 Å². The number of aliphatic hydroxyl groups excluding tert-OH is 1. The standard InChI is InChI=1S/C14H22N2O/c1-11-7-8-12(15-9-11)10-16-13-5-3-2-4-6-14(13)17/h7-9,13-14,16-17H,2-6,10H2,1H3. The van der Waals surface area contributed by atoms with Crippen LogP contribution in [0, 0.1) is 6.92 Å². The van der Waals surface area contributed by atoms with Crippen molar-refractivity contribution in [2.75, 3.05) is 0 Å². The number of nitrogens with one attached hydrogen (secondary N) is 1. The molecule has 1 saturated carbocycles. The number of pyridine rings is 1. The van der Waals surface area contributed by atoms with E-state index in [1.807, 2.05) is 19.2 Å². The first kappa shape index (κ1) is 12.5. The highest BCUT2D eigenvalue weighted by Gasteiger charge is 2.20. The van der Waals surface area contributed by atoms with Crippen LogP contribution >= 0.6 is 0 Å². The van der Waals surface area contributed by atoms with Gasteiger partial charge >= 0.3 is 0 Å². The Balaban J connectivity index is 1.85. The minimum Gasteiger partial charge on any atom is -0.392 e. The third kappa shape index (κ3) is 3.79. The van der Waals surface area contributed by atoms with Gasteiger partial charge in [0.05, 0.1) is 11.8 Å². The molecule has 0 saturated heterocycles. The molecule has 17 heavy (non-hydrogen) atoms. The van der Waals surface area contributed by atoms with E-state index >= 15 is 0 Å². The van der Waals surface area contributed by atoms with Gasteiger partial charge in [-0.3, -0.25) is 4.98 Å². The molecular weight excluding hydrogens is 212 g/mol. The van der Waals surface area contributed by atoms with Gasteiger partial charge in [0.25, 0.3) is 0 Å². The van der Waals surface area contributed by atoms with Crippen LogP contribution in [0.3, 0.4) is 0 Å². The second-order valence-electron chi connectivity index (χ2n) is 5.02. The molecule has 0 spiro atoms. The van der Waals surface area contributed by atoms with Gasteiger partial charge in [0.2, 0.25) is 0 Å². The lowest BCUT2D eigenvalue weighted by Crippen LogP contribution is -2.38. The van der Waals surface area contributed by atoms with Gasteiger partial charge in [-0.1, -0.05) is 25.3 Å². The zero-order valence-corrected chi connectivity index (χ0v) is 10.5. The minimum atomic E-state index is -0.192. The van der Waals surface area contributed by atoms with Crippen molar-refractivity contribution in [1.29, 1.82) is 0 Å². The SMILES string of the molecule is Cc1ccc(CNC2CCCCCC2O)nc1. The number of nitrogens with zero attached hydrogens (tertiary/aromatic N) is 1. The van der Waals surface area contributed by atoms with Crippen molar-refractivity contribution in [1.82, 2.24) is 10.3 Å². The zero-order chi connectivity index (χ0) is 12.1. The van der Waals surface area contributed by atoms with E-state index in [0.29, 0.717) is 0 Å². The summed E-state index contributed by atoms with van der Waals surface area (Å²) in [6.45, 7) is 2.79. The van der Waals surface area contributed by atoms with Crippen LogP contribution in [0.5, 0.6) is 0 Å². The molecule has 2 unspecified atom stereocenters. The first-order valence-electron chi connectivity index (χ1n) is 6.58. The van der Waals surface area contributed by atoms with Gasteiger partial charge in [0, 0.05) is 18.8 Å². The summed E-state index contributed by atoms with van der Waals surface area (Å²) in [6.07, 6.45) is 7.32. The summed E-state index contributed by atoms with van der Waals surface area (Å²) in [5.41, 5.74) is 2.23. The fraction of sp³-hybridized carbons (Fsp3) is 0.643. The van der Waals surface area contributed by atoms with E-state index in [1.54, 1.807) is 0 Å². The highest BCUT2D eigenvalue weighted by atomic mass is 16.3. The Morgan fingerprint density at radius 3 is 2.88 bits per heavy atom. The van der Waals surface area contributed by atoms with Crippen molar-refractivity contribution >= 4 is 0 Å². The van der Waals surface area contributed by atoms with Crippen molar-refractivity contribution in [2.45, 2.75) is 57.7 Å². The summed E-state index contributed by atoms with van der Waals surface area (Å²) in [7, 11) is 0. The molecule has 2 atom stereocenters. The molecule has 1 fully saturated rings. The van der Waals surface area contributed by atoms with E-state index in [1.165, 1.54) is 18.4 Å².